The lowest BCUT2D eigenvalue weighted by Gasteiger charge is -2.13. The monoisotopic (exact) mass is 265 g/mol. The van der Waals surface area contributed by atoms with Gasteiger partial charge >= 0.3 is 11.9 Å². The first-order chi connectivity index (χ1) is 9.09. The maximum absolute atomic E-state index is 11.8. The summed E-state index contributed by atoms with van der Waals surface area (Å²) in [5.41, 5.74) is -0.705. The molecule has 19 heavy (non-hydrogen) atoms. The smallest absolute Gasteiger partial charge is 0.323 e. The molecule has 0 spiro atoms. The Bertz CT molecular complexity index is 503. The van der Waals surface area contributed by atoms with Crippen molar-refractivity contribution in [2.24, 2.45) is 11.3 Å². The van der Waals surface area contributed by atoms with Crippen LogP contribution in [0, 0.1) is 11.3 Å². The average Bonchev–Trinajstić information content (AvgIpc) is 2.97. The Balaban J connectivity index is 2.17. The summed E-state index contributed by atoms with van der Waals surface area (Å²) < 4.78 is 11.1. The van der Waals surface area contributed by atoms with E-state index in [0.717, 1.165) is 6.29 Å². The van der Waals surface area contributed by atoms with E-state index in [1.807, 2.05) is 0 Å². The second-order valence-corrected chi connectivity index (χ2v) is 4.56. The van der Waals surface area contributed by atoms with E-state index in [1.165, 1.54) is 14.2 Å². The molecule has 1 atom stereocenters. The number of esters is 2. The summed E-state index contributed by atoms with van der Waals surface area (Å²) in [6.45, 7) is 0.408. The van der Waals surface area contributed by atoms with E-state index < -0.39 is 17.4 Å². The highest BCUT2D eigenvalue weighted by molar-refractivity contribution is 6.03. The molecule has 0 aliphatic heterocycles. The van der Waals surface area contributed by atoms with Gasteiger partial charge in [0, 0.05) is 18.7 Å². The van der Waals surface area contributed by atoms with Gasteiger partial charge in [-0.3, -0.25) is 14.4 Å². The number of aromatic nitrogens is 1. The van der Waals surface area contributed by atoms with Crippen molar-refractivity contribution in [1.82, 2.24) is 4.57 Å². The van der Waals surface area contributed by atoms with Gasteiger partial charge in [-0.2, -0.15) is 0 Å². The molecule has 0 radical (unpaired) electrons. The second-order valence-electron chi connectivity index (χ2n) is 4.56. The summed E-state index contributed by atoms with van der Waals surface area (Å²) >= 11 is 0. The normalized spacial score (nSPS) is 19.6. The molecular formula is C13H15NO5. The van der Waals surface area contributed by atoms with Gasteiger partial charge in [0.25, 0.3) is 0 Å². The molecule has 1 heterocycles. The lowest BCUT2D eigenvalue weighted by atomic mass is 10.0. The van der Waals surface area contributed by atoms with E-state index in [1.54, 1.807) is 22.9 Å². The zero-order valence-corrected chi connectivity index (χ0v) is 10.8. The van der Waals surface area contributed by atoms with E-state index in [0.29, 0.717) is 18.7 Å². The van der Waals surface area contributed by atoms with Crippen LogP contribution in [0.5, 0.6) is 0 Å². The number of carbonyl (C=O) groups excluding carboxylic acids is 3. The van der Waals surface area contributed by atoms with Crippen LogP contribution in [0.25, 0.3) is 0 Å². The van der Waals surface area contributed by atoms with Crippen LogP contribution in [0.3, 0.4) is 0 Å². The summed E-state index contributed by atoms with van der Waals surface area (Å²) in [4.78, 5) is 34.4. The first kappa shape index (κ1) is 13.3. The number of carbonyl (C=O) groups is 3. The molecule has 1 fully saturated rings. The van der Waals surface area contributed by atoms with Crippen molar-refractivity contribution >= 4 is 18.2 Å². The van der Waals surface area contributed by atoms with E-state index in [4.69, 9.17) is 0 Å². The van der Waals surface area contributed by atoms with Gasteiger partial charge in [-0.25, -0.2) is 0 Å². The number of rotatable bonds is 5. The maximum atomic E-state index is 11.8. The highest BCUT2D eigenvalue weighted by atomic mass is 16.5. The Hall–Kier alpha value is -2.11. The SMILES string of the molecule is COC(=O)C1(C(=O)OC)CC1Cn1cccc1C=O. The Labute approximate surface area is 110 Å². The van der Waals surface area contributed by atoms with Gasteiger partial charge < -0.3 is 14.0 Å². The van der Waals surface area contributed by atoms with E-state index in [2.05, 4.69) is 9.47 Å². The van der Waals surface area contributed by atoms with Crippen molar-refractivity contribution in [1.29, 1.82) is 0 Å². The molecule has 102 valence electrons. The molecule has 6 heteroatoms. The van der Waals surface area contributed by atoms with Crippen LogP contribution in [-0.2, 0) is 25.6 Å². The van der Waals surface area contributed by atoms with Crippen LogP contribution >= 0.6 is 0 Å². The molecule has 0 N–H and O–H groups in total. The fourth-order valence-corrected chi connectivity index (χ4v) is 2.44. The van der Waals surface area contributed by atoms with Gasteiger partial charge in [0.15, 0.2) is 11.7 Å². The van der Waals surface area contributed by atoms with Crippen LogP contribution in [0.1, 0.15) is 16.9 Å². The zero-order valence-electron chi connectivity index (χ0n) is 10.8. The first-order valence-corrected chi connectivity index (χ1v) is 5.87. The topological polar surface area (TPSA) is 74.6 Å². The van der Waals surface area contributed by atoms with Crippen molar-refractivity contribution in [3.8, 4) is 0 Å². The minimum atomic E-state index is -1.21. The number of ether oxygens (including phenoxy) is 2. The first-order valence-electron chi connectivity index (χ1n) is 5.87. The van der Waals surface area contributed by atoms with Gasteiger partial charge in [0.2, 0.25) is 0 Å². The van der Waals surface area contributed by atoms with Gasteiger partial charge in [-0.15, -0.1) is 0 Å². The van der Waals surface area contributed by atoms with Crippen LogP contribution in [0.2, 0.25) is 0 Å². The number of hydrogen-bond donors (Lipinski definition) is 0. The molecular weight excluding hydrogens is 250 g/mol. The van der Waals surface area contributed by atoms with Gasteiger partial charge in [0.05, 0.1) is 19.9 Å². The molecule has 1 aliphatic carbocycles. The van der Waals surface area contributed by atoms with Crippen LogP contribution in [0.4, 0.5) is 0 Å². The second kappa shape index (κ2) is 4.87. The zero-order chi connectivity index (χ0) is 14.0. The summed E-state index contributed by atoms with van der Waals surface area (Å²) in [5.74, 6) is -1.37. The summed E-state index contributed by atoms with van der Waals surface area (Å²) in [5, 5.41) is 0. The molecule has 0 bridgehead atoms. The summed E-state index contributed by atoms with van der Waals surface area (Å²) in [6.07, 6.45) is 2.85. The molecule has 1 unspecified atom stereocenters. The van der Waals surface area contributed by atoms with Crippen molar-refractivity contribution in [3.05, 3.63) is 24.0 Å². The van der Waals surface area contributed by atoms with Gasteiger partial charge in [-0.05, 0) is 18.6 Å². The lowest BCUT2D eigenvalue weighted by Crippen LogP contribution is -2.31. The molecule has 0 saturated heterocycles. The Morgan fingerprint density at radius 3 is 2.58 bits per heavy atom. The fourth-order valence-electron chi connectivity index (χ4n) is 2.44. The summed E-state index contributed by atoms with van der Waals surface area (Å²) in [6, 6.07) is 3.41. The largest absolute Gasteiger partial charge is 0.468 e. The van der Waals surface area contributed by atoms with E-state index in [-0.39, 0.29) is 5.92 Å². The van der Waals surface area contributed by atoms with E-state index in [9.17, 15) is 14.4 Å². The molecule has 6 nitrogen and oxygen atoms in total. The molecule has 1 aliphatic rings. The van der Waals surface area contributed by atoms with Crippen LogP contribution in [-0.4, -0.2) is 37.0 Å². The minimum absolute atomic E-state index is 0.210. The molecule has 1 aromatic rings. The number of aldehydes is 1. The van der Waals surface area contributed by atoms with Crippen LogP contribution < -0.4 is 0 Å². The summed E-state index contributed by atoms with van der Waals surface area (Å²) in [7, 11) is 2.49. The fraction of sp³-hybridized carbons (Fsp3) is 0.462. The Kier molecular flexibility index (Phi) is 3.42. The Morgan fingerprint density at radius 1 is 1.42 bits per heavy atom. The van der Waals surface area contributed by atoms with E-state index >= 15 is 0 Å². The van der Waals surface area contributed by atoms with Crippen molar-refractivity contribution in [3.63, 3.8) is 0 Å². The molecule has 0 amide bonds. The molecule has 1 aromatic heterocycles. The lowest BCUT2D eigenvalue weighted by molar-refractivity contribution is -0.162. The maximum Gasteiger partial charge on any atom is 0.323 e. The van der Waals surface area contributed by atoms with Crippen molar-refractivity contribution < 1.29 is 23.9 Å². The molecule has 0 aromatic carbocycles. The predicted octanol–water partition coefficient (Wildman–Crippen LogP) is 0.653. The van der Waals surface area contributed by atoms with Gasteiger partial charge in [-0.1, -0.05) is 0 Å². The Morgan fingerprint density at radius 2 is 2.05 bits per heavy atom. The standard InChI is InChI=1S/C13H15NO5/c1-18-11(16)13(12(17)19-2)6-9(13)7-14-5-3-4-10(14)8-15/h3-5,8-9H,6-7H2,1-2H3. The highest BCUT2D eigenvalue weighted by Gasteiger charge is 2.67. The van der Waals surface area contributed by atoms with Crippen molar-refractivity contribution in [2.75, 3.05) is 14.2 Å². The number of nitrogens with zero attached hydrogens (tertiary/aromatic N) is 1. The third-order valence-corrected chi connectivity index (χ3v) is 3.61. The van der Waals surface area contributed by atoms with Crippen molar-refractivity contribution in [2.45, 2.75) is 13.0 Å². The van der Waals surface area contributed by atoms with Crippen LogP contribution in [0.15, 0.2) is 18.3 Å². The molecule has 2 rings (SSSR count). The number of hydrogen-bond acceptors (Lipinski definition) is 5. The third-order valence-electron chi connectivity index (χ3n) is 3.61. The third kappa shape index (κ3) is 2.03. The van der Waals surface area contributed by atoms with Gasteiger partial charge in [0.1, 0.15) is 0 Å². The average molecular weight is 265 g/mol. The quantitative estimate of drug-likeness (QED) is 0.444. The minimum Gasteiger partial charge on any atom is -0.468 e. The number of methoxy groups -OCH3 is 2. The molecule has 1 saturated carbocycles. The predicted molar refractivity (Wildman–Crippen MR) is 64.4 cm³/mol. The highest BCUT2D eigenvalue weighted by Crippen LogP contribution is 2.55.